The molecule has 1 amide bonds. The molecule has 2 aromatic heterocycles. The van der Waals surface area contributed by atoms with Crippen LogP contribution in [0.3, 0.4) is 0 Å². The number of aromatic nitrogens is 2. The zero-order valence-corrected chi connectivity index (χ0v) is 14.7. The molecule has 2 aliphatic heterocycles. The van der Waals surface area contributed by atoms with Crippen molar-refractivity contribution in [3.05, 3.63) is 42.1 Å². The number of rotatable bonds is 3. The van der Waals surface area contributed by atoms with Crippen molar-refractivity contribution in [2.24, 2.45) is 0 Å². The molecule has 2 aromatic rings. The Morgan fingerprint density at radius 1 is 1.28 bits per heavy atom. The molecule has 4 rings (SSSR count). The van der Waals surface area contributed by atoms with Gasteiger partial charge in [-0.1, -0.05) is 0 Å². The van der Waals surface area contributed by atoms with Crippen LogP contribution in [0.4, 0.5) is 0 Å². The van der Waals surface area contributed by atoms with Gasteiger partial charge in [0.1, 0.15) is 5.76 Å². The Morgan fingerprint density at radius 2 is 2.08 bits per heavy atom. The molecule has 2 aliphatic rings. The van der Waals surface area contributed by atoms with Crippen LogP contribution < -0.4 is 0 Å². The van der Waals surface area contributed by atoms with Crippen LogP contribution >= 0.6 is 0 Å². The molecule has 0 aliphatic carbocycles. The van der Waals surface area contributed by atoms with Gasteiger partial charge in [-0.05, 0) is 25.2 Å². The standard InChI is InChI=1S/C16H20N4O4S/c1-18-7-8-20(14-11-25(22,23)10-13(14)18)16(21)15-4-3-12(24-15)9-19-6-2-5-17-19/h2-6,13-14H,7-11H2,1H3/t13-,14+/m1/s1. The highest BCUT2D eigenvalue weighted by Crippen LogP contribution is 2.27. The fourth-order valence-corrected chi connectivity index (χ4v) is 5.71. The van der Waals surface area contributed by atoms with Crippen molar-refractivity contribution in [3.63, 3.8) is 0 Å². The molecule has 134 valence electrons. The molecule has 2 saturated heterocycles. The molecule has 9 heteroatoms. The Hall–Kier alpha value is -2.13. The first-order valence-electron chi connectivity index (χ1n) is 8.21. The molecule has 0 bridgehead atoms. The summed E-state index contributed by atoms with van der Waals surface area (Å²) in [6.07, 6.45) is 3.50. The Labute approximate surface area is 145 Å². The lowest BCUT2D eigenvalue weighted by Gasteiger charge is -2.41. The van der Waals surface area contributed by atoms with E-state index in [1.54, 1.807) is 27.9 Å². The lowest BCUT2D eigenvalue weighted by Crippen LogP contribution is -2.59. The molecule has 8 nitrogen and oxygen atoms in total. The summed E-state index contributed by atoms with van der Waals surface area (Å²) in [5, 5.41) is 4.11. The van der Waals surface area contributed by atoms with E-state index in [0.717, 1.165) is 0 Å². The highest BCUT2D eigenvalue weighted by atomic mass is 32.2. The maximum absolute atomic E-state index is 12.9. The van der Waals surface area contributed by atoms with E-state index in [-0.39, 0.29) is 35.3 Å². The van der Waals surface area contributed by atoms with E-state index >= 15 is 0 Å². The topological polar surface area (TPSA) is 88.7 Å². The van der Waals surface area contributed by atoms with Gasteiger partial charge in [-0.3, -0.25) is 14.4 Å². The van der Waals surface area contributed by atoms with Crippen molar-refractivity contribution >= 4 is 15.7 Å². The number of furan rings is 1. The minimum atomic E-state index is -3.12. The summed E-state index contributed by atoms with van der Waals surface area (Å²) < 4.78 is 31.5. The minimum Gasteiger partial charge on any atom is -0.454 e. The van der Waals surface area contributed by atoms with Crippen molar-refractivity contribution in [2.45, 2.75) is 18.6 Å². The third-order valence-electron chi connectivity index (χ3n) is 4.96. The number of amides is 1. The van der Waals surface area contributed by atoms with Gasteiger partial charge in [0.25, 0.3) is 5.91 Å². The van der Waals surface area contributed by atoms with Crippen molar-refractivity contribution in [3.8, 4) is 0 Å². The highest BCUT2D eigenvalue weighted by Gasteiger charge is 2.47. The van der Waals surface area contributed by atoms with E-state index in [2.05, 4.69) is 5.10 Å². The molecule has 0 spiro atoms. The number of fused-ring (bicyclic) bond motifs is 1. The Bertz CT molecular complexity index is 874. The van der Waals surface area contributed by atoms with Crippen LogP contribution in [0.2, 0.25) is 0 Å². The molecule has 2 fully saturated rings. The molecule has 0 aromatic carbocycles. The van der Waals surface area contributed by atoms with E-state index < -0.39 is 9.84 Å². The third kappa shape index (κ3) is 3.09. The fraction of sp³-hybridized carbons (Fsp3) is 0.500. The number of nitrogens with zero attached hydrogens (tertiary/aromatic N) is 4. The zero-order valence-electron chi connectivity index (χ0n) is 13.9. The van der Waals surface area contributed by atoms with Gasteiger partial charge >= 0.3 is 0 Å². The van der Waals surface area contributed by atoms with Gasteiger partial charge in [0.15, 0.2) is 15.6 Å². The smallest absolute Gasteiger partial charge is 0.289 e. The summed E-state index contributed by atoms with van der Waals surface area (Å²) in [7, 11) is -1.21. The second kappa shape index (κ2) is 5.99. The van der Waals surface area contributed by atoms with E-state index in [0.29, 0.717) is 25.4 Å². The molecule has 0 unspecified atom stereocenters. The number of sulfone groups is 1. The molecular formula is C16H20N4O4S. The van der Waals surface area contributed by atoms with Crippen LogP contribution in [-0.2, 0) is 16.4 Å². The predicted molar refractivity (Wildman–Crippen MR) is 89.9 cm³/mol. The number of hydrogen-bond donors (Lipinski definition) is 0. The van der Waals surface area contributed by atoms with Crippen molar-refractivity contribution in [2.75, 3.05) is 31.6 Å². The maximum Gasteiger partial charge on any atom is 0.289 e. The lowest BCUT2D eigenvalue weighted by molar-refractivity contribution is 0.0381. The van der Waals surface area contributed by atoms with Gasteiger partial charge < -0.3 is 9.32 Å². The van der Waals surface area contributed by atoms with E-state index in [1.165, 1.54) is 0 Å². The normalized spacial score (nSPS) is 25.9. The quantitative estimate of drug-likeness (QED) is 0.766. The average molecular weight is 364 g/mol. The molecular weight excluding hydrogens is 344 g/mol. The summed E-state index contributed by atoms with van der Waals surface area (Å²) in [6.45, 7) is 1.61. The van der Waals surface area contributed by atoms with Gasteiger partial charge in [0.05, 0.1) is 24.1 Å². The van der Waals surface area contributed by atoms with Crippen LogP contribution in [0, 0.1) is 0 Å². The second-order valence-electron chi connectivity index (χ2n) is 6.66. The molecule has 0 N–H and O–H groups in total. The molecule has 2 atom stereocenters. The summed E-state index contributed by atoms with van der Waals surface area (Å²) in [5.41, 5.74) is 0. The van der Waals surface area contributed by atoms with Gasteiger partial charge in [-0.15, -0.1) is 0 Å². The first kappa shape index (κ1) is 16.3. The van der Waals surface area contributed by atoms with Crippen LogP contribution in [0.15, 0.2) is 35.0 Å². The van der Waals surface area contributed by atoms with Gasteiger partial charge in [0, 0.05) is 31.5 Å². The summed E-state index contributed by atoms with van der Waals surface area (Å²) in [6, 6.07) is 4.78. The van der Waals surface area contributed by atoms with Crippen LogP contribution in [-0.4, -0.2) is 77.6 Å². The maximum atomic E-state index is 12.9. The van der Waals surface area contributed by atoms with E-state index in [1.807, 2.05) is 24.2 Å². The van der Waals surface area contributed by atoms with Crippen LogP contribution in [0.5, 0.6) is 0 Å². The van der Waals surface area contributed by atoms with E-state index in [9.17, 15) is 13.2 Å². The molecule has 0 saturated carbocycles. The highest BCUT2D eigenvalue weighted by molar-refractivity contribution is 7.91. The Balaban J connectivity index is 1.53. The Kier molecular flexibility index (Phi) is 3.92. The van der Waals surface area contributed by atoms with Crippen molar-refractivity contribution < 1.29 is 17.6 Å². The zero-order chi connectivity index (χ0) is 17.6. The van der Waals surface area contributed by atoms with Gasteiger partial charge in [-0.25, -0.2) is 8.42 Å². The van der Waals surface area contributed by atoms with Gasteiger partial charge in [0.2, 0.25) is 0 Å². The number of carbonyl (C=O) groups excluding carboxylic acids is 1. The molecule has 4 heterocycles. The van der Waals surface area contributed by atoms with Crippen molar-refractivity contribution in [1.29, 1.82) is 0 Å². The fourth-order valence-electron chi connectivity index (χ4n) is 3.65. The summed E-state index contributed by atoms with van der Waals surface area (Å²) in [5.74, 6) is 0.772. The first-order valence-corrected chi connectivity index (χ1v) is 10.0. The third-order valence-corrected chi connectivity index (χ3v) is 6.66. The lowest BCUT2D eigenvalue weighted by atomic mass is 10.1. The molecule has 25 heavy (non-hydrogen) atoms. The minimum absolute atomic E-state index is 0.0224. The number of likely N-dealkylation sites (N-methyl/N-ethyl adjacent to an activating group) is 1. The number of hydrogen-bond acceptors (Lipinski definition) is 6. The number of carbonyl (C=O) groups is 1. The first-order chi connectivity index (χ1) is 11.9. The molecule has 0 radical (unpaired) electrons. The summed E-state index contributed by atoms with van der Waals surface area (Å²) >= 11 is 0. The van der Waals surface area contributed by atoms with Gasteiger partial charge in [-0.2, -0.15) is 5.10 Å². The predicted octanol–water partition coefficient (Wildman–Crippen LogP) is 0.0776. The van der Waals surface area contributed by atoms with Crippen LogP contribution in [0.25, 0.3) is 0 Å². The van der Waals surface area contributed by atoms with Crippen molar-refractivity contribution in [1.82, 2.24) is 19.6 Å². The van der Waals surface area contributed by atoms with E-state index in [4.69, 9.17) is 4.42 Å². The largest absolute Gasteiger partial charge is 0.454 e. The van der Waals surface area contributed by atoms with Crippen LogP contribution in [0.1, 0.15) is 16.3 Å². The number of piperazine rings is 1. The Morgan fingerprint density at radius 3 is 2.84 bits per heavy atom. The monoisotopic (exact) mass is 364 g/mol. The second-order valence-corrected chi connectivity index (χ2v) is 8.81. The SMILES string of the molecule is CN1CCN(C(=O)c2ccc(Cn3cccn3)o2)[C@H]2CS(=O)(=O)C[C@H]21. The average Bonchev–Trinajstić information content (AvgIpc) is 3.27. The summed E-state index contributed by atoms with van der Waals surface area (Å²) in [4.78, 5) is 16.6.